The van der Waals surface area contributed by atoms with Crippen molar-refractivity contribution in [3.05, 3.63) is 34.9 Å². The minimum atomic E-state index is 0.0788. The van der Waals surface area contributed by atoms with Crippen LogP contribution < -0.4 is 5.32 Å². The second kappa shape index (κ2) is 5.53. The maximum atomic E-state index is 8.64. The molecule has 0 saturated carbocycles. The topological polar surface area (TPSA) is 35.8 Å². The molecular weight excluding hydrogens is 184 g/mol. The zero-order valence-corrected chi connectivity index (χ0v) is 9.67. The van der Waals surface area contributed by atoms with E-state index in [1.54, 1.807) is 0 Å². The van der Waals surface area contributed by atoms with Gasteiger partial charge in [-0.2, -0.15) is 5.26 Å². The highest BCUT2D eigenvalue weighted by atomic mass is 14.9. The van der Waals surface area contributed by atoms with Crippen LogP contribution in [0.5, 0.6) is 0 Å². The van der Waals surface area contributed by atoms with Gasteiger partial charge in [0.1, 0.15) is 0 Å². The summed E-state index contributed by atoms with van der Waals surface area (Å²) in [5.74, 6) is 0.0788. The van der Waals surface area contributed by atoms with E-state index in [1.165, 1.54) is 16.7 Å². The molecule has 1 unspecified atom stereocenters. The van der Waals surface area contributed by atoms with Crippen LogP contribution in [-0.2, 0) is 6.54 Å². The number of hydrogen-bond donors (Lipinski definition) is 1. The van der Waals surface area contributed by atoms with Crippen LogP contribution in [0.1, 0.15) is 23.6 Å². The summed E-state index contributed by atoms with van der Waals surface area (Å²) in [6.45, 7) is 7.74. The Hall–Kier alpha value is -1.33. The van der Waals surface area contributed by atoms with Crippen LogP contribution >= 0.6 is 0 Å². The number of benzene rings is 1. The van der Waals surface area contributed by atoms with Crippen molar-refractivity contribution in [3.8, 4) is 6.07 Å². The smallest absolute Gasteiger partial charge is 0.0666 e. The molecule has 0 radical (unpaired) electrons. The number of rotatable bonds is 4. The van der Waals surface area contributed by atoms with E-state index in [0.29, 0.717) is 0 Å². The van der Waals surface area contributed by atoms with E-state index in [4.69, 9.17) is 5.26 Å². The highest BCUT2D eigenvalue weighted by Crippen LogP contribution is 2.10. The van der Waals surface area contributed by atoms with E-state index in [2.05, 4.69) is 43.4 Å². The van der Waals surface area contributed by atoms with Crippen molar-refractivity contribution < 1.29 is 0 Å². The molecule has 0 aromatic heterocycles. The van der Waals surface area contributed by atoms with Gasteiger partial charge in [-0.15, -0.1) is 0 Å². The van der Waals surface area contributed by atoms with Crippen LogP contribution in [-0.4, -0.2) is 6.54 Å². The Morgan fingerprint density at radius 3 is 2.80 bits per heavy atom. The first-order valence-electron chi connectivity index (χ1n) is 5.30. The molecule has 0 aliphatic carbocycles. The second-order valence-corrected chi connectivity index (χ2v) is 4.09. The molecule has 0 aliphatic heterocycles. The van der Waals surface area contributed by atoms with Crippen molar-refractivity contribution in [2.75, 3.05) is 6.54 Å². The van der Waals surface area contributed by atoms with Crippen molar-refractivity contribution in [3.63, 3.8) is 0 Å². The molecule has 0 aliphatic rings. The predicted octanol–water partition coefficient (Wildman–Crippen LogP) is 2.55. The molecule has 1 N–H and O–H groups in total. The van der Waals surface area contributed by atoms with Gasteiger partial charge in [0.2, 0.25) is 0 Å². The zero-order chi connectivity index (χ0) is 11.3. The summed E-state index contributed by atoms with van der Waals surface area (Å²) in [6, 6.07) is 8.67. The fourth-order valence-corrected chi connectivity index (χ4v) is 1.46. The van der Waals surface area contributed by atoms with Gasteiger partial charge < -0.3 is 5.32 Å². The molecule has 0 bridgehead atoms. The van der Waals surface area contributed by atoms with Crippen LogP contribution in [0.4, 0.5) is 0 Å². The lowest BCUT2D eigenvalue weighted by atomic mass is 10.1. The third kappa shape index (κ3) is 3.73. The Bertz CT molecular complexity index is 363. The van der Waals surface area contributed by atoms with E-state index < -0.39 is 0 Å². The minimum absolute atomic E-state index is 0.0788. The van der Waals surface area contributed by atoms with Crippen LogP contribution in [0.15, 0.2) is 18.2 Å². The molecule has 1 aromatic carbocycles. The fourth-order valence-electron chi connectivity index (χ4n) is 1.46. The van der Waals surface area contributed by atoms with Gasteiger partial charge in [-0.05, 0) is 31.9 Å². The zero-order valence-electron chi connectivity index (χ0n) is 9.67. The lowest BCUT2D eigenvalue weighted by Gasteiger charge is -2.09. The van der Waals surface area contributed by atoms with Gasteiger partial charge in [0.05, 0.1) is 12.0 Å². The monoisotopic (exact) mass is 202 g/mol. The third-order valence-electron chi connectivity index (χ3n) is 2.49. The van der Waals surface area contributed by atoms with Crippen molar-refractivity contribution in [1.82, 2.24) is 5.32 Å². The Labute approximate surface area is 91.9 Å². The molecule has 0 spiro atoms. The first kappa shape index (κ1) is 11.7. The summed E-state index contributed by atoms with van der Waals surface area (Å²) in [7, 11) is 0. The first-order valence-corrected chi connectivity index (χ1v) is 5.30. The normalized spacial score (nSPS) is 12.1. The van der Waals surface area contributed by atoms with Crippen LogP contribution in [0.25, 0.3) is 0 Å². The maximum absolute atomic E-state index is 8.64. The van der Waals surface area contributed by atoms with Gasteiger partial charge in [0, 0.05) is 13.1 Å². The number of nitrogens with one attached hydrogen (secondary N) is 1. The molecule has 1 rings (SSSR count). The van der Waals surface area contributed by atoms with Crippen molar-refractivity contribution in [2.45, 2.75) is 27.3 Å². The van der Waals surface area contributed by atoms with Gasteiger partial charge in [0.15, 0.2) is 0 Å². The number of nitriles is 1. The van der Waals surface area contributed by atoms with Crippen LogP contribution in [0, 0.1) is 31.1 Å². The highest BCUT2D eigenvalue weighted by Gasteiger charge is 2.01. The van der Waals surface area contributed by atoms with Crippen molar-refractivity contribution in [2.24, 2.45) is 5.92 Å². The van der Waals surface area contributed by atoms with Gasteiger partial charge >= 0.3 is 0 Å². The molecule has 15 heavy (non-hydrogen) atoms. The van der Waals surface area contributed by atoms with E-state index in [0.717, 1.165) is 13.1 Å². The number of hydrogen-bond acceptors (Lipinski definition) is 2. The largest absolute Gasteiger partial charge is 0.311 e. The Kier molecular flexibility index (Phi) is 4.33. The molecule has 0 amide bonds. The molecule has 0 heterocycles. The molecule has 1 atom stereocenters. The SMILES string of the molecule is Cc1ccc(C)c(CNCC(C)C#N)c1. The van der Waals surface area contributed by atoms with Gasteiger partial charge in [-0.1, -0.05) is 23.8 Å². The molecule has 0 saturated heterocycles. The van der Waals surface area contributed by atoms with E-state index in [9.17, 15) is 0 Å². The molecule has 1 aromatic rings. The lowest BCUT2D eigenvalue weighted by molar-refractivity contribution is 0.600. The number of aryl methyl sites for hydroxylation is 2. The fraction of sp³-hybridized carbons (Fsp3) is 0.462. The third-order valence-corrected chi connectivity index (χ3v) is 2.49. The average molecular weight is 202 g/mol. The highest BCUT2D eigenvalue weighted by molar-refractivity contribution is 5.30. The standard InChI is InChI=1S/C13H18N2/c1-10-4-5-12(3)13(6-10)9-15-8-11(2)7-14/h4-6,11,15H,8-9H2,1-3H3. The van der Waals surface area contributed by atoms with Crippen molar-refractivity contribution in [1.29, 1.82) is 5.26 Å². The summed E-state index contributed by atoms with van der Waals surface area (Å²) < 4.78 is 0. The second-order valence-electron chi connectivity index (χ2n) is 4.09. The molecule has 2 nitrogen and oxygen atoms in total. The van der Waals surface area contributed by atoms with E-state index in [1.807, 2.05) is 6.92 Å². The Morgan fingerprint density at radius 2 is 2.13 bits per heavy atom. The first-order chi connectivity index (χ1) is 7.13. The van der Waals surface area contributed by atoms with Gasteiger partial charge in [0.25, 0.3) is 0 Å². The van der Waals surface area contributed by atoms with Crippen LogP contribution in [0.3, 0.4) is 0 Å². The molecule has 2 heteroatoms. The Balaban J connectivity index is 2.51. The summed E-state index contributed by atoms with van der Waals surface area (Å²) in [4.78, 5) is 0. The predicted molar refractivity (Wildman–Crippen MR) is 62.4 cm³/mol. The van der Waals surface area contributed by atoms with Crippen molar-refractivity contribution >= 4 is 0 Å². The summed E-state index contributed by atoms with van der Waals surface area (Å²) in [5, 5.41) is 11.9. The lowest BCUT2D eigenvalue weighted by Crippen LogP contribution is -2.20. The molecule has 0 fully saturated rings. The minimum Gasteiger partial charge on any atom is -0.311 e. The summed E-state index contributed by atoms with van der Waals surface area (Å²) in [5.41, 5.74) is 3.91. The average Bonchev–Trinajstić information content (AvgIpc) is 2.23. The summed E-state index contributed by atoms with van der Waals surface area (Å²) >= 11 is 0. The molecule has 80 valence electrons. The van der Waals surface area contributed by atoms with Gasteiger partial charge in [-0.3, -0.25) is 0 Å². The van der Waals surface area contributed by atoms with Crippen LogP contribution in [0.2, 0.25) is 0 Å². The Morgan fingerprint density at radius 1 is 1.40 bits per heavy atom. The van der Waals surface area contributed by atoms with Gasteiger partial charge in [-0.25, -0.2) is 0 Å². The van der Waals surface area contributed by atoms with E-state index >= 15 is 0 Å². The summed E-state index contributed by atoms with van der Waals surface area (Å²) in [6.07, 6.45) is 0. The molecular formula is C13H18N2. The maximum Gasteiger partial charge on any atom is 0.0666 e. The quantitative estimate of drug-likeness (QED) is 0.814. The number of nitrogens with zero attached hydrogens (tertiary/aromatic N) is 1. The van der Waals surface area contributed by atoms with E-state index in [-0.39, 0.29) is 5.92 Å².